The molecule has 0 fully saturated rings. The molecule has 27 heavy (non-hydrogen) atoms. The van der Waals surface area contributed by atoms with Gasteiger partial charge in [-0.2, -0.15) is 0 Å². The molecule has 0 unspecified atom stereocenters. The lowest BCUT2D eigenvalue weighted by atomic mass is 10.2. The molecule has 0 saturated heterocycles. The van der Waals surface area contributed by atoms with Gasteiger partial charge in [0, 0.05) is 30.5 Å². The number of aryl methyl sites for hydroxylation is 1. The molecule has 1 N–H and O–H groups in total. The molecule has 0 aliphatic rings. The maximum atomic E-state index is 12.3. The minimum absolute atomic E-state index is 0.157. The molecule has 0 bridgehead atoms. The van der Waals surface area contributed by atoms with Crippen LogP contribution < -0.4 is 14.8 Å². The third kappa shape index (κ3) is 4.63. The number of carbonyl (C=O) groups is 1. The van der Waals surface area contributed by atoms with Crippen molar-refractivity contribution in [1.29, 1.82) is 0 Å². The van der Waals surface area contributed by atoms with Crippen molar-refractivity contribution in [1.82, 2.24) is 0 Å². The third-order valence-electron chi connectivity index (χ3n) is 4.07. The maximum Gasteiger partial charge on any atom is 0.224 e. The molecule has 0 atom stereocenters. The topological polar surface area (TPSA) is 60.7 Å². The molecular weight excluding hydrogens is 366 g/mol. The van der Waals surface area contributed by atoms with Gasteiger partial charge in [-0.25, -0.2) is 0 Å². The Hall–Kier alpha value is -2.92. The van der Waals surface area contributed by atoms with Crippen LogP contribution in [0, 0.1) is 0 Å². The van der Waals surface area contributed by atoms with Crippen molar-refractivity contribution in [2.24, 2.45) is 0 Å². The molecule has 0 spiro atoms. The fourth-order valence-electron chi connectivity index (χ4n) is 2.68. The van der Waals surface area contributed by atoms with Gasteiger partial charge >= 0.3 is 0 Å². The number of benzene rings is 2. The molecule has 3 rings (SSSR count). The lowest BCUT2D eigenvalue weighted by Crippen LogP contribution is -2.13. The van der Waals surface area contributed by atoms with Gasteiger partial charge in [-0.05, 0) is 12.1 Å². The molecule has 0 aliphatic carbocycles. The van der Waals surface area contributed by atoms with Crippen molar-refractivity contribution in [2.75, 3.05) is 19.5 Å². The van der Waals surface area contributed by atoms with E-state index in [-0.39, 0.29) is 12.3 Å². The molecule has 0 radical (unpaired) electrons. The first-order valence-electron chi connectivity index (χ1n) is 8.46. The summed E-state index contributed by atoms with van der Waals surface area (Å²) in [5.41, 5.74) is 1.51. The van der Waals surface area contributed by atoms with Crippen LogP contribution in [0.2, 0.25) is 5.02 Å². The number of hydrogen-bond acceptors (Lipinski definition) is 4. The number of hydrogen-bond donors (Lipinski definition) is 1. The Balaban J connectivity index is 1.63. The van der Waals surface area contributed by atoms with Crippen molar-refractivity contribution in [3.8, 4) is 22.8 Å². The van der Waals surface area contributed by atoms with E-state index in [1.165, 1.54) is 14.2 Å². The Kier molecular flexibility index (Phi) is 6.04. The molecule has 1 amide bonds. The molecule has 1 heterocycles. The zero-order valence-electron chi connectivity index (χ0n) is 15.1. The molecule has 5 nitrogen and oxygen atoms in total. The van der Waals surface area contributed by atoms with E-state index in [0.717, 1.165) is 17.1 Å². The molecule has 1 aromatic heterocycles. The fourth-order valence-corrected chi connectivity index (χ4v) is 2.91. The van der Waals surface area contributed by atoms with Crippen LogP contribution in [0.5, 0.6) is 11.5 Å². The highest BCUT2D eigenvalue weighted by atomic mass is 35.5. The second kappa shape index (κ2) is 8.64. The second-order valence-electron chi connectivity index (χ2n) is 5.87. The van der Waals surface area contributed by atoms with Gasteiger partial charge in [0.25, 0.3) is 0 Å². The number of ether oxygens (including phenoxy) is 2. The Labute approximate surface area is 162 Å². The SMILES string of the molecule is COc1cc(NC(=O)CCc2ccc(-c3ccccc3)o2)c(OC)cc1Cl. The molecule has 0 saturated carbocycles. The largest absolute Gasteiger partial charge is 0.495 e. The van der Waals surface area contributed by atoms with Crippen molar-refractivity contribution in [2.45, 2.75) is 12.8 Å². The van der Waals surface area contributed by atoms with Gasteiger partial charge in [0.2, 0.25) is 5.91 Å². The Bertz CT molecular complexity index is 921. The summed E-state index contributed by atoms with van der Waals surface area (Å²) in [7, 11) is 3.03. The van der Waals surface area contributed by atoms with Crippen molar-refractivity contribution in [3.05, 3.63) is 65.4 Å². The highest BCUT2D eigenvalue weighted by Crippen LogP contribution is 2.36. The zero-order chi connectivity index (χ0) is 19.2. The van der Waals surface area contributed by atoms with Crippen molar-refractivity contribution >= 4 is 23.2 Å². The maximum absolute atomic E-state index is 12.3. The van der Waals surface area contributed by atoms with Crippen LogP contribution in [0.1, 0.15) is 12.2 Å². The molecular formula is C21H20ClNO4. The van der Waals surface area contributed by atoms with Gasteiger partial charge in [0.1, 0.15) is 23.0 Å². The van der Waals surface area contributed by atoms with E-state index in [1.54, 1.807) is 12.1 Å². The molecule has 6 heteroatoms. The second-order valence-corrected chi connectivity index (χ2v) is 6.27. The van der Waals surface area contributed by atoms with E-state index < -0.39 is 0 Å². The molecule has 0 aliphatic heterocycles. The van der Waals surface area contributed by atoms with Crippen LogP contribution >= 0.6 is 11.6 Å². The molecule has 2 aromatic carbocycles. The Morgan fingerprint density at radius 3 is 2.48 bits per heavy atom. The van der Waals surface area contributed by atoms with E-state index in [1.807, 2.05) is 42.5 Å². The summed E-state index contributed by atoms with van der Waals surface area (Å²) >= 11 is 6.08. The van der Waals surface area contributed by atoms with E-state index in [0.29, 0.717) is 28.6 Å². The van der Waals surface area contributed by atoms with Crippen molar-refractivity contribution < 1.29 is 18.7 Å². The van der Waals surface area contributed by atoms with Gasteiger partial charge in [-0.3, -0.25) is 4.79 Å². The predicted molar refractivity (Wildman–Crippen MR) is 106 cm³/mol. The first-order valence-corrected chi connectivity index (χ1v) is 8.84. The van der Waals surface area contributed by atoms with Gasteiger partial charge in [-0.15, -0.1) is 0 Å². The summed E-state index contributed by atoms with van der Waals surface area (Å²) in [6.45, 7) is 0. The predicted octanol–water partition coefficient (Wildman–Crippen LogP) is 5.19. The summed E-state index contributed by atoms with van der Waals surface area (Å²) in [4.78, 5) is 12.3. The number of carbonyl (C=O) groups excluding carboxylic acids is 1. The number of amides is 1. The minimum Gasteiger partial charge on any atom is -0.495 e. The number of furan rings is 1. The number of halogens is 1. The van der Waals surface area contributed by atoms with Gasteiger partial charge < -0.3 is 19.2 Å². The van der Waals surface area contributed by atoms with Crippen LogP contribution in [0.25, 0.3) is 11.3 Å². The average Bonchev–Trinajstić information content (AvgIpc) is 3.17. The summed E-state index contributed by atoms with van der Waals surface area (Å²) in [6.07, 6.45) is 0.765. The summed E-state index contributed by atoms with van der Waals surface area (Å²) in [5.74, 6) is 2.32. The minimum atomic E-state index is -0.157. The van der Waals surface area contributed by atoms with Crippen LogP contribution in [0.15, 0.2) is 59.0 Å². The quantitative estimate of drug-likeness (QED) is 0.608. The fraction of sp³-hybridized carbons (Fsp3) is 0.190. The van der Waals surface area contributed by atoms with Crippen LogP contribution in [-0.2, 0) is 11.2 Å². The lowest BCUT2D eigenvalue weighted by molar-refractivity contribution is -0.116. The summed E-state index contributed by atoms with van der Waals surface area (Å²) < 4.78 is 16.3. The highest BCUT2D eigenvalue weighted by Gasteiger charge is 2.13. The standard InChI is InChI=1S/C21H20ClNO4/c1-25-19-13-17(20(26-2)12-16(19)22)23-21(24)11-9-15-8-10-18(27-15)14-6-4-3-5-7-14/h3-8,10,12-13H,9,11H2,1-2H3,(H,23,24). The van der Waals surface area contributed by atoms with E-state index in [2.05, 4.69) is 5.32 Å². The first kappa shape index (κ1) is 18.9. The smallest absolute Gasteiger partial charge is 0.224 e. The summed E-state index contributed by atoms with van der Waals surface area (Å²) in [6, 6.07) is 16.9. The van der Waals surface area contributed by atoms with Crippen molar-refractivity contribution in [3.63, 3.8) is 0 Å². The van der Waals surface area contributed by atoms with E-state index >= 15 is 0 Å². The van der Waals surface area contributed by atoms with Crippen LogP contribution in [0.3, 0.4) is 0 Å². The number of nitrogens with one attached hydrogen (secondary N) is 1. The molecule has 140 valence electrons. The normalized spacial score (nSPS) is 10.5. The first-order chi connectivity index (χ1) is 13.1. The molecule has 3 aromatic rings. The number of rotatable bonds is 7. The van der Waals surface area contributed by atoms with Crippen LogP contribution in [-0.4, -0.2) is 20.1 Å². The Morgan fingerprint density at radius 2 is 1.78 bits per heavy atom. The number of anilines is 1. The van der Waals surface area contributed by atoms with Gasteiger partial charge in [0.15, 0.2) is 0 Å². The monoisotopic (exact) mass is 385 g/mol. The summed E-state index contributed by atoms with van der Waals surface area (Å²) in [5, 5.41) is 3.24. The number of methoxy groups -OCH3 is 2. The Morgan fingerprint density at radius 1 is 1.04 bits per heavy atom. The van der Waals surface area contributed by atoms with Gasteiger partial charge in [-0.1, -0.05) is 41.9 Å². The third-order valence-corrected chi connectivity index (χ3v) is 4.36. The average molecular weight is 386 g/mol. The zero-order valence-corrected chi connectivity index (χ0v) is 15.9. The van der Waals surface area contributed by atoms with Crippen LogP contribution in [0.4, 0.5) is 5.69 Å². The highest BCUT2D eigenvalue weighted by molar-refractivity contribution is 6.32. The lowest BCUT2D eigenvalue weighted by Gasteiger charge is -2.13. The van der Waals surface area contributed by atoms with E-state index in [9.17, 15) is 4.79 Å². The van der Waals surface area contributed by atoms with Gasteiger partial charge in [0.05, 0.1) is 24.9 Å². The van der Waals surface area contributed by atoms with E-state index in [4.69, 9.17) is 25.5 Å².